The van der Waals surface area contributed by atoms with Gasteiger partial charge in [-0.25, -0.2) is 4.39 Å². The molecule has 0 aromatic heterocycles. The fourth-order valence-corrected chi connectivity index (χ4v) is 0.842. The van der Waals surface area contributed by atoms with E-state index in [4.69, 9.17) is 11.2 Å². The summed E-state index contributed by atoms with van der Waals surface area (Å²) in [5, 5.41) is 0. The topological polar surface area (TPSA) is 9.23 Å². The maximum atomic E-state index is 13.0. The maximum absolute atomic E-state index is 13.0. The molecule has 1 nitrogen and oxygen atoms in total. The molecule has 1 rings (SSSR count). The Morgan fingerprint density at radius 2 is 2.33 bits per heavy atom. The normalized spacial score (nSPS) is 9.08. The molecule has 62 valence electrons. The van der Waals surface area contributed by atoms with Crippen molar-refractivity contribution < 1.29 is 9.13 Å². The van der Waals surface area contributed by atoms with Crippen molar-refractivity contribution in [2.24, 2.45) is 0 Å². The van der Waals surface area contributed by atoms with Crippen LogP contribution in [0.5, 0.6) is 5.75 Å². The Bertz CT molecular complexity index is 312. The molecule has 0 aliphatic carbocycles. The first-order chi connectivity index (χ1) is 5.74. The Morgan fingerprint density at radius 1 is 1.58 bits per heavy atom. The molecule has 0 heterocycles. The highest BCUT2D eigenvalue weighted by Gasteiger charge is 2.01. The minimum atomic E-state index is -0.370. The molecular weight excluding hydrogens is 155 g/mol. The number of rotatable bonds is 2. The van der Waals surface area contributed by atoms with E-state index in [1.807, 2.05) is 6.92 Å². The van der Waals surface area contributed by atoms with Crippen molar-refractivity contribution in [1.82, 2.24) is 0 Å². The lowest BCUT2D eigenvalue weighted by atomic mass is 10.2. The number of ether oxygens (including phenoxy) is 1. The lowest BCUT2D eigenvalue weighted by Gasteiger charge is -2.03. The molecular formula is C10H9FO. The van der Waals surface area contributed by atoms with Crippen LogP contribution < -0.4 is 4.74 Å². The summed E-state index contributed by atoms with van der Waals surface area (Å²) in [4.78, 5) is 0. The maximum Gasteiger partial charge on any atom is 0.165 e. The van der Waals surface area contributed by atoms with Gasteiger partial charge in [-0.2, -0.15) is 0 Å². The largest absolute Gasteiger partial charge is 0.478 e. The monoisotopic (exact) mass is 164 g/mol. The average molecular weight is 164 g/mol. The second-order valence-electron chi connectivity index (χ2n) is 2.43. The Kier molecular flexibility index (Phi) is 2.71. The number of aryl methyl sites for hydroxylation is 1. The van der Waals surface area contributed by atoms with Gasteiger partial charge in [-0.05, 0) is 24.6 Å². The van der Waals surface area contributed by atoms with Gasteiger partial charge in [0.15, 0.2) is 11.6 Å². The summed E-state index contributed by atoms with van der Waals surface area (Å²) in [6.07, 6.45) is 4.96. The van der Waals surface area contributed by atoms with Crippen LogP contribution in [0.25, 0.3) is 0 Å². The van der Waals surface area contributed by atoms with E-state index in [0.29, 0.717) is 0 Å². The Balaban J connectivity index is 2.81. The SMILES string of the molecule is C#CCOc1ccc(C)cc1F. The van der Waals surface area contributed by atoms with Crippen molar-refractivity contribution in [3.63, 3.8) is 0 Å². The van der Waals surface area contributed by atoms with E-state index in [2.05, 4.69) is 5.92 Å². The number of hydrogen-bond acceptors (Lipinski definition) is 1. The second kappa shape index (κ2) is 3.77. The molecule has 1 aromatic rings. The molecule has 0 saturated carbocycles. The Morgan fingerprint density at radius 3 is 2.92 bits per heavy atom. The van der Waals surface area contributed by atoms with Crippen LogP contribution in [0, 0.1) is 25.1 Å². The first-order valence-corrected chi connectivity index (χ1v) is 3.56. The number of halogens is 1. The summed E-state index contributed by atoms with van der Waals surface area (Å²) in [7, 11) is 0. The first kappa shape index (κ1) is 8.61. The van der Waals surface area contributed by atoms with Crippen molar-refractivity contribution in [2.45, 2.75) is 6.92 Å². The van der Waals surface area contributed by atoms with Gasteiger partial charge < -0.3 is 4.74 Å². The van der Waals surface area contributed by atoms with Crippen LogP contribution in [0.1, 0.15) is 5.56 Å². The number of hydrogen-bond donors (Lipinski definition) is 0. The third-order valence-electron chi connectivity index (χ3n) is 1.40. The van der Waals surface area contributed by atoms with Gasteiger partial charge >= 0.3 is 0 Å². The van der Waals surface area contributed by atoms with Gasteiger partial charge in [-0.1, -0.05) is 12.0 Å². The van der Waals surface area contributed by atoms with Crippen LogP contribution in [0.15, 0.2) is 18.2 Å². The minimum Gasteiger partial charge on any atom is -0.478 e. The van der Waals surface area contributed by atoms with E-state index in [1.165, 1.54) is 6.07 Å². The molecule has 0 aliphatic rings. The summed E-state index contributed by atoms with van der Waals surface area (Å²) in [6.45, 7) is 1.91. The molecule has 12 heavy (non-hydrogen) atoms. The molecule has 0 aliphatic heterocycles. The predicted octanol–water partition coefficient (Wildman–Crippen LogP) is 2.15. The van der Waals surface area contributed by atoms with Gasteiger partial charge in [0.2, 0.25) is 0 Å². The quantitative estimate of drug-likeness (QED) is 0.608. The Labute approximate surface area is 71.2 Å². The van der Waals surface area contributed by atoms with E-state index < -0.39 is 0 Å². The summed E-state index contributed by atoms with van der Waals surface area (Å²) in [6, 6.07) is 4.75. The van der Waals surface area contributed by atoms with Crippen LogP contribution in [0.2, 0.25) is 0 Å². The minimum absolute atomic E-state index is 0.0972. The van der Waals surface area contributed by atoms with Gasteiger partial charge in [0.1, 0.15) is 6.61 Å². The number of terminal acetylenes is 1. The highest BCUT2D eigenvalue weighted by Crippen LogP contribution is 2.17. The molecule has 0 unspecified atom stereocenters. The molecule has 0 saturated heterocycles. The van der Waals surface area contributed by atoms with Crippen LogP contribution >= 0.6 is 0 Å². The van der Waals surface area contributed by atoms with Gasteiger partial charge in [0.25, 0.3) is 0 Å². The summed E-state index contributed by atoms with van der Waals surface area (Å²) in [5.74, 6) is 2.11. The van der Waals surface area contributed by atoms with Gasteiger partial charge in [-0.3, -0.25) is 0 Å². The van der Waals surface area contributed by atoms with Crippen molar-refractivity contribution in [2.75, 3.05) is 6.61 Å². The highest BCUT2D eigenvalue weighted by molar-refractivity contribution is 5.28. The van der Waals surface area contributed by atoms with E-state index >= 15 is 0 Å². The Hall–Kier alpha value is -1.49. The smallest absolute Gasteiger partial charge is 0.165 e. The molecule has 0 radical (unpaired) electrons. The van der Waals surface area contributed by atoms with Crippen molar-refractivity contribution in [1.29, 1.82) is 0 Å². The zero-order chi connectivity index (χ0) is 8.97. The van der Waals surface area contributed by atoms with E-state index in [0.717, 1.165) is 5.56 Å². The second-order valence-corrected chi connectivity index (χ2v) is 2.43. The third kappa shape index (κ3) is 2.00. The van der Waals surface area contributed by atoms with Crippen molar-refractivity contribution in [3.8, 4) is 18.1 Å². The highest BCUT2D eigenvalue weighted by atomic mass is 19.1. The zero-order valence-electron chi connectivity index (χ0n) is 6.80. The molecule has 1 aromatic carbocycles. The van der Waals surface area contributed by atoms with Crippen LogP contribution in [-0.2, 0) is 0 Å². The molecule has 0 N–H and O–H groups in total. The van der Waals surface area contributed by atoms with Gasteiger partial charge in [0, 0.05) is 0 Å². The standard InChI is InChI=1S/C10H9FO/c1-3-6-12-10-5-4-8(2)7-9(10)11/h1,4-5,7H,6H2,2H3. The molecule has 0 spiro atoms. The lowest BCUT2D eigenvalue weighted by Crippen LogP contribution is -1.95. The molecule has 0 atom stereocenters. The van der Waals surface area contributed by atoms with E-state index in [9.17, 15) is 4.39 Å². The predicted molar refractivity (Wildman–Crippen MR) is 45.5 cm³/mol. The van der Waals surface area contributed by atoms with Crippen molar-refractivity contribution >= 4 is 0 Å². The summed E-state index contributed by atoms with van der Waals surface area (Å²) < 4.78 is 17.9. The van der Waals surface area contributed by atoms with Gasteiger partial charge in [0.05, 0.1) is 0 Å². The molecule has 0 fully saturated rings. The fraction of sp³-hybridized carbons (Fsp3) is 0.200. The lowest BCUT2D eigenvalue weighted by molar-refractivity contribution is 0.348. The molecule has 0 amide bonds. The average Bonchev–Trinajstić information content (AvgIpc) is 2.03. The van der Waals surface area contributed by atoms with E-state index in [-0.39, 0.29) is 18.2 Å². The molecule has 0 bridgehead atoms. The first-order valence-electron chi connectivity index (χ1n) is 3.56. The zero-order valence-corrected chi connectivity index (χ0v) is 6.80. The van der Waals surface area contributed by atoms with E-state index in [1.54, 1.807) is 12.1 Å². The van der Waals surface area contributed by atoms with Crippen LogP contribution in [-0.4, -0.2) is 6.61 Å². The summed E-state index contributed by atoms with van der Waals surface area (Å²) >= 11 is 0. The summed E-state index contributed by atoms with van der Waals surface area (Å²) in [5.41, 5.74) is 0.862. The third-order valence-corrected chi connectivity index (χ3v) is 1.40. The van der Waals surface area contributed by atoms with Crippen LogP contribution in [0.3, 0.4) is 0 Å². The number of benzene rings is 1. The van der Waals surface area contributed by atoms with Gasteiger partial charge in [-0.15, -0.1) is 6.42 Å². The van der Waals surface area contributed by atoms with Crippen LogP contribution in [0.4, 0.5) is 4.39 Å². The molecule has 2 heteroatoms. The fourth-order valence-electron chi connectivity index (χ4n) is 0.842. The van der Waals surface area contributed by atoms with Crippen molar-refractivity contribution in [3.05, 3.63) is 29.6 Å².